The molecule has 0 bridgehead atoms. The fraction of sp³-hybridized carbons (Fsp3) is 0.688. The van der Waals surface area contributed by atoms with Gasteiger partial charge in [-0.3, -0.25) is 4.99 Å². The van der Waals surface area contributed by atoms with Crippen molar-refractivity contribution in [1.82, 2.24) is 10.2 Å². The summed E-state index contributed by atoms with van der Waals surface area (Å²) < 4.78 is 5.41. The van der Waals surface area contributed by atoms with E-state index in [9.17, 15) is 0 Å². The molecule has 2 rings (SSSR count). The van der Waals surface area contributed by atoms with Crippen LogP contribution < -0.4 is 5.32 Å². The summed E-state index contributed by atoms with van der Waals surface area (Å²) >= 11 is 1.81. The molecular formula is C16H28IN3OS. The summed E-state index contributed by atoms with van der Waals surface area (Å²) in [6, 6.07) is 4.29. The molecule has 1 fully saturated rings. The Morgan fingerprint density at radius 1 is 1.45 bits per heavy atom. The Labute approximate surface area is 155 Å². The second-order valence-electron chi connectivity index (χ2n) is 5.57. The van der Waals surface area contributed by atoms with Crippen molar-refractivity contribution in [1.29, 1.82) is 0 Å². The average molecular weight is 437 g/mol. The number of hydrogen-bond acceptors (Lipinski definition) is 3. The lowest BCUT2D eigenvalue weighted by Gasteiger charge is -2.26. The largest absolute Gasteiger partial charge is 0.381 e. The van der Waals surface area contributed by atoms with Crippen LogP contribution in [-0.2, 0) is 11.2 Å². The summed E-state index contributed by atoms with van der Waals surface area (Å²) in [5.74, 6) is 1.81. The quantitative estimate of drug-likeness (QED) is 0.422. The fourth-order valence-electron chi connectivity index (χ4n) is 2.65. The second kappa shape index (κ2) is 11.2. The van der Waals surface area contributed by atoms with Crippen molar-refractivity contribution in [3.05, 3.63) is 22.4 Å². The molecule has 1 aliphatic heterocycles. The first kappa shape index (κ1) is 19.7. The molecule has 0 atom stereocenters. The first-order valence-electron chi connectivity index (χ1n) is 7.81. The summed E-state index contributed by atoms with van der Waals surface area (Å²) in [5.41, 5.74) is 0. The minimum atomic E-state index is 0. The van der Waals surface area contributed by atoms with E-state index >= 15 is 0 Å². The Hall–Kier alpha value is -0.340. The molecule has 1 aromatic heterocycles. The number of rotatable bonds is 6. The van der Waals surface area contributed by atoms with E-state index in [0.29, 0.717) is 0 Å². The van der Waals surface area contributed by atoms with E-state index in [1.165, 1.54) is 24.1 Å². The first-order valence-corrected chi connectivity index (χ1v) is 8.69. The third-order valence-electron chi connectivity index (χ3n) is 4.02. The number of aliphatic imine (C=N–C) groups is 1. The van der Waals surface area contributed by atoms with Gasteiger partial charge in [-0.25, -0.2) is 0 Å². The van der Waals surface area contributed by atoms with E-state index in [2.05, 4.69) is 39.8 Å². The van der Waals surface area contributed by atoms with Gasteiger partial charge >= 0.3 is 0 Å². The van der Waals surface area contributed by atoms with E-state index in [1.807, 2.05) is 18.4 Å². The molecule has 0 radical (unpaired) electrons. The predicted octanol–water partition coefficient (Wildman–Crippen LogP) is 3.23. The van der Waals surface area contributed by atoms with E-state index in [4.69, 9.17) is 4.74 Å². The predicted molar refractivity (Wildman–Crippen MR) is 106 cm³/mol. The van der Waals surface area contributed by atoms with Gasteiger partial charge in [-0.2, -0.15) is 0 Å². The van der Waals surface area contributed by atoms with E-state index < -0.39 is 0 Å². The zero-order valence-electron chi connectivity index (χ0n) is 13.6. The van der Waals surface area contributed by atoms with Gasteiger partial charge in [0.25, 0.3) is 0 Å². The van der Waals surface area contributed by atoms with Crippen molar-refractivity contribution in [3.63, 3.8) is 0 Å². The van der Waals surface area contributed by atoms with Gasteiger partial charge in [0.2, 0.25) is 0 Å². The highest BCUT2D eigenvalue weighted by Gasteiger charge is 2.15. The Kier molecular flexibility index (Phi) is 10.1. The molecule has 1 saturated heterocycles. The van der Waals surface area contributed by atoms with E-state index in [-0.39, 0.29) is 24.0 Å². The van der Waals surface area contributed by atoms with Gasteiger partial charge < -0.3 is 15.0 Å². The van der Waals surface area contributed by atoms with Crippen LogP contribution in [0.15, 0.2) is 22.5 Å². The van der Waals surface area contributed by atoms with Crippen LogP contribution in [0.1, 0.15) is 24.1 Å². The molecule has 126 valence electrons. The standard InChI is InChI=1S/C16H27N3OS.HI/c1-17-16(18-9-5-15-4-3-13-21-15)19(2)10-6-14-7-11-20-12-8-14;/h3-4,13-14H,5-12H2,1-2H3,(H,17,18);1H. The Morgan fingerprint density at radius 3 is 2.86 bits per heavy atom. The molecule has 0 amide bonds. The van der Waals surface area contributed by atoms with Crippen molar-refractivity contribution < 1.29 is 4.74 Å². The normalized spacial score (nSPS) is 16.2. The highest BCUT2D eigenvalue weighted by molar-refractivity contribution is 14.0. The zero-order chi connectivity index (χ0) is 14.9. The van der Waals surface area contributed by atoms with Gasteiger partial charge in [-0.15, -0.1) is 35.3 Å². The highest BCUT2D eigenvalue weighted by Crippen LogP contribution is 2.18. The van der Waals surface area contributed by atoms with Crippen LogP contribution in [0.2, 0.25) is 0 Å². The fourth-order valence-corrected chi connectivity index (χ4v) is 3.36. The Morgan fingerprint density at radius 2 is 2.23 bits per heavy atom. The molecule has 0 spiro atoms. The van der Waals surface area contributed by atoms with Crippen LogP contribution in [-0.4, -0.2) is 51.3 Å². The summed E-state index contributed by atoms with van der Waals surface area (Å²) in [4.78, 5) is 8.04. The van der Waals surface area contributed by atoms with Crippen molar-refractivity contribution >= 4 is 41.3 Å². The number of nitrogens with one attached hydrogen (secondary N) is 1. The lowest BCUT2D eigenvalue weighted by Crippen LogP contribution is -2.40. The molecule has 0 aliphatic carbocycles. The summed E-state index contributed by atoms with van der Waals surface area (Å²) in [6.07, 6.45) is 4.70. The van der Waals surface area contributed by atoms with Crippen LogP contribution in [0.4, 0.5) is 0 Å². The van der Waals surface area contributed by atoms with Crippen molar-refractivity contribution in [3.8, 4) is 0 Å². The Balaban J connectivity index is 0.00000242. The average Bonchev–Trinajstić information content (AvgIpc) is 3.03. The number of hydrogen-bond donors (Lipinski definition) is 1. The lowest BCUT2D eigenvalue weighted by molar-refractivity contribution is 0.0625. The first-order chi connectivity index (χ1) is 10.3. The maximum atomic E-state index is 5.41. The van der Waals surface area contributed by atoms with Crippen LogP contribution in [0.25, 0.3) is 0 Å². The number of halogens is 1. The molecule has 6 heteroatoms. The molecule has 1 N–H and O–H groups in total. The number of ether oxygens (including phenoxy) is 1. The molecule has 1 aromatic rings. The van der Waals surface area contributed by atoms with Crippen molar-refractivity contribution in [2.45, 2.75) is 25.7 Å². The molecule has 2 heterocycles. The van der Waals surface area contributed by atoms with Gasteiger partial charge in [0.05, 0.1) is 0 Å². The summed E-state index contributed by atoms with van der Waals surface area (Å²) in [6.45, 7) is 3.86. The van der Waals surface area contributed by atoms with Crippen LogP contribution in [0.3, 0.4) is 0 Å². The topological polar surface area (TPSA) is 36.9 Å². The molecule has 22 heavy (non-hydrogen) atoms. The SMILES string of the molecule is CN=C(NCCc1cccs1)N(C)CCC1CCOCC1.I. The van der Waals surface area contributed by atoms with Crippen molar-refractivity contribution in [2.24, 2.45) is 10.9 Å². The minimum Gasteiger partial charge on any atom is -0.381 e. The third-order valence-corrected chi connectivity index (χ3v) is 4.96. The van der Waals surface area contributed by atoms with Gasteiger partial charge in [0.15, 0.2) is 5.96 Å². The summed E-state index contributed by atoms with van der Waals surface area (Å²) in [7, 11) is 3.98. The number of guanidine groups is 1. The zero-order valence-corrected chi connectivity index (χ0v) is 16.7. The van der Waals surface area contributed by atoms with Gasteiger partial charge in [0.1, 0.15) is 0 Å². The second-order valence-corrected chi connectivity index (χ2v) is 6.60. The van der Waals surface area contributed by atoms with Gasteiger partial charge in [-0.05, 0) is 43.0 Å². The van der Waals surface area contributed by atoms with Gasteiger partial charge in [0, 0.05) is 45.3 Å². The number of thiophene rings is 1. The van der Waals surface area contributed by atoms with E-state index in [0.717, 1.165) is 44.6 Å². The number of nitrogens with zero attached hydrogens (tertiary/aromatic N) is 2. The lowest BCUT2D eigenvalue weighted by atomic mass is 9.96. The monoisotopic (exact) mass is 437 g/mol. The minimum absolute atomic E-state index is 0. The maximum Gasteiger partial charge on any atom is 0.193 e. The molecule has 1 aliphatic rings. The smallest absolute Gasteiger partial charge is 0.193 e. The molecule has 0 unspecified atom stereocenters. The Bertz CT molecular complexity index is 419. The van der Waals surface area contributed by atoms with Crippen LogP contribution in [0, 0.1) is 5.92 Å². The molecule has 4 nitrogen and oxygen atoms in total. The van der Waals surface area contributed by atoms with Crippen LogP contribution >= 0.6 is 35.3 Å². The highest BCUT2D eigenvalue weighted by atomic mass is 127. The molecule has 0 aromatic carbocycles. The molecular weight excluding hydrogens is 409 g/mol. The molecule has 0 saturated carbocycles. The van der Waals surface area contributed by atoms with Crippen molar-refractivity contribution in [2.75, 3.05) is 40.4 Å². The van der Waals surface area contributed by atoms with Gasteiger partial charge in [-0.1, -0.05) is 6.07 Å². The van der Waals surface area contributed by atoms with E-state index in [1.54, 1.807) is 0 Å². The maximum absolute atomic E-state index is 5.41. The van der Waals surface area contributed by atoms with Crippen LogP contribution in [0.5, 0.6) is 0 Å². The summed E-state index contributed by atoms with van der Waals surface area (Å²) in [5, 5.41) is 5.58. The third kappa shape index (κ3) is 6.83.